The van der Waals surface area contributed by atoms with Gasteiger partial charge in [0.1, 0.15) is 0 Å². The number of urea groups is 1. The van der Waals surface area contributed by atoms with E-state index in [0.717, 1.165) is 12.8 Å². The van der Waals surface area contributed by atoms with E-state index in [1.165, 1.54) is 6.21 Å². The van der Waals surface area contributed by atoms with Crippen LogP contribution < -0.4 is 21.8 Å². The van der Waals surface area contributed by atoms with Crippen LogP contribution in [0.4, 0.5) is 4.79 Å². The van der Waals surface area contributed by atoms with Gasteiger partial charge >= 0.3 is 6.03 Å². The first-order valence-corrected chi connectivity index (χ1v) is 5.64. The van der Waals surface area contributed by atoms with E-state index in [1.54, 1.807) is 0 Å². The third-order valence-electron chi connectivity index (χ3n) is 2.35. The number of unbranched alkanes of at least 4 members (excludes halogenated alkanes) is 1. The van der Waals surface area contributed by atoms with Gasteiger partial charge in [-0.05, 0) is 18.6 Å². The van der Waals surface area contributed by atoms with Gasteiger partial charge in [-0.25, -0.2) is 4.79 Å². The number of hydrazone groups is 1. The van der Waals surface area contributed by atoms with Crippen molar-refractivity contribution in [2.75, 3.05) is 0 Å². The van der Waals surface area contributed by atoms with Crippen LogP contribution in [0.2, 0.25) is 0 Å². The molecule has 0 aromatic rings. The molecule has 0 aromatic heterocycles. The predicted molar refractivity (Wildman–Crippen MR) is 67.3 cm³/mol. The predicted octanol–water partition coefficient (Wildman–Crippen LogP) is -0.426. The highest BCUT2D eigenvalue weighted by molar-refractivity contribution is 7.80. The molecule has 0 spiro atoms. The van der Waals surface area contributed by atoms with Gasteiger partial charge in [-0.3, -0.25) is 15.5 Å². The largest absolute Gasteiger partial charge is 0.375 e. The fraction of sp³-hybridized carbons (Fsp3) is 0.556. The molecular formula is C9H15N5O2S. The van der Waals surface area contributed by atoms with E-state index in [1.807, 2.05) is 6.92 Å². The highest BCUT2D eigenvalue weighted by Gasteiger charge is 2.44. The monoisotopic (exact) mass is 257 g/mol. The Kier molecular flexibility index (Phi) is 4.38. The molecule has 8 heteroatoms. The number of nitrogens with two attached hydrogens (primary N) is 1. The number of rotatable bonds is 5. The second-order valence-electron chi connectivity index (χ2n) is 3.72. The zero-order valence-corrected chi connectivity index (χ0v) is 10.3. The van der Waals surface area contributed by atoms with E-state index < -0.39 is 17.5 Å². The van der Waals surface area contributed by atoms with Crippen molar-refractivity contribution in [1.29, 1.82) is 0 Å². The van der Waals surface area contributed by atoms with E-state index in [-0.39, 0.29) is 5.11 Å². The van der Waals surface area contributed by atoms with Gasteiger partial charge in [-0.1, -0.05) is 19.8 Å². The van der Waals surface area contributed by atoms with E-state index in [9.17, 15) is 9.59 Å². The van der Waals surface area contributed by atoms with E-state index in [4.69, 9.17) is 5.73 Å². The number of carbonyl (C=O) groups is 2. The maximum atomic E-state index is 11.7. The third-order valence-corrected chi connectivity index (χ3v) is 2.44. The van der Waals surface area contributed by atoms with Crippen LogP contribution in [-0.4, -0.2) is 28.8 Å². The number of hydrogen-bond donors (Lipinski definition) is 4. The summed E-state index contributed by atoms with van der Waals surface area (Å²) in [7, 11) is 0. The van der Waals surface area contributed by atoms with Crippen LogP contribution in [0.3, 0.4) is 0 Å². The maximum absolute atomic E-state index is 11.7. The molecule has 0 aliphatic carbocycles. The molecule has 5 N–H and O–H groups in total. The molecule has 1 saturated heterocycles. The third kappa shape index (κ3) is 3.38. The molecule has 0 unspecified atom stereocenters. The number of hydrogen-bond acceptors (Lipinski definition) is 4. The zero-order valence-electron chi connectivity index (χ0n) is 9.45. The lowest BCUT2D eigenvalue weighted by Crippen LogP contribution is -2.49. The minimum atomic E-state index is -1.11. The van der Waals surface area contributed by atoms with Gasteiger partial charge in [-0.15, -0.1) is 0 Å². The lowest BCUT2D eigenvalue weighted by atomic mass is 9.94. The van der Waals surface area contributed by atoms with Gasteiger partial charge in [-0.2, -0.15) is 5.10 Å². The summed E-state index contributed by atoms with van der Waals surface area (Å²) in [6.07, 6.45) is 3.49. The molecule has 3 amide bonds. The lowest BCUT2D eigenvalue weighted by molar-refractivity contribution is -0.121. The number of nitrogens with zero attached hydrogens (tertiary/aromatic N) is 1. The van der Waals surface area contributed by atoms with Crippen LogP contribution in [0.15, 0.2) is 5.10 Å². The van der Waals surface area contributed by atoms with Crippen LogP contribution in [0, 0.1) is 0 Å². The molecule has 94 valence electrons. The van der Waals surface area contributed by atoms with Crippen molar-refractivity contribution in [3.05, 3.63) is 0 Å². The fourth-order valence-corrected chi connectivity index (χ4v) is 1.55. The number of thiocarbonyl (C=S) groups is 1. The van der Waals surface area contributed by atoms with Crippen LogP contribution in [0.25, 0.3) is 0 Å². The van der Waals surface area contributed by atoms with E-state index in [2.05, 4.69) is 33.4 Å². The SMILES string of the molecule is CCCC[C@]1(/C=N\NC(N)=S)NC(=O)NC1=O. The summed E-state index contributed by atoms with van der Waals surface area (Å²) < 4.78 is 0. The molecule has 1 aliphatic heterocycles. The number of amides is 3. The first-order valence-electron chi connectivity index (χ1n) is 5.23. The van der Waals surface area contributed by atoms with Crippen molar-refractivity contribution in [3.8, 4) is 0 Å². The van der Waals surface area contributed by atoms with Crippen molar-refractivity contribution in [3.63, 3.8) is 0 Å². The van der Waals surface area contributed by atoms with Crippen molar-refractivity contribution < 1.29 is 9.59 Å². The summed E-state index contributed by atoms with van der Waals surface area (Å²) in [4.78, 5) is 22.9. The number of imide groups is 1. The van der Waals surface area contributed by atoms with Gasteiger partial charge in [0.2, 0.25) is 0 Å². The Morgan fingerprint density at radius 1 is 1.65 bits per heavy atom. The van der Waals surface area contributed by atoms with Crippen LogP contribution in [0.5, 0.6) is 0 Å². The second kappa shape index (κ2) is 5.58. The Labute approximate surface area is 104 Å². The van der Waals surface area contributed by atoms with Crippen LogP contribution >= 0.6 is 12.2 Å². The second-order valence-corrected chi connectivity index (χ2v) is 4.16. The Morgan fingerprint density at radius 2 is 2.35 bits per heavy atom. The average Bonchev–Trinajstić information content (AvgIpc) is 2.51. The van der Waals surface area contributed by atoms with Crippen molar-refractivity contribution in [1.82, 2.24) is 16.1 Å². The molecule has 7 nitrogen and oxygen atoms in total. The molecule has 1 heterocycles. The Hall–Kier alpha value is -1.70. The summed E-state index contributed by atoms with van der Waals surface area (Å²) in [5, 5.41) is 8.48. The van der Waals surface area contributed by atoms with Crippen LogP contribution in [0.1, 0.15) is 26.2 Å². The summed E-state index contributed by atoms with van der Waals surface area (Å²) >= 11 is 4.58. The summed E-state index contributed by atoms with van der Waals surface area (Å²) in [5.41, 5.74) is 6.45. The van der Waals surface area contributed by atoms with E-state index in [0.29, 0.717) is 6.42 Å². The molecule has 1 aliphatic rings. The number of nitrogens with one attached hydrogen (secondary N) is 3. The average molecular weight is 257 g/mol. The molecule has 0 saturated carbocycles. The normalized spacial score (nSPS) is 23.6. The van der Waals surface area contributed by atoms with Gasteiger partial charge in [0.05, 0.1) is 6.21 Å². The Balaban J connectivity index is 2.79. The topological polar surface area (TPSA) is 109 Å². The molecule has 0 aromatic carbocycles. The van der Waals surface area contributed by atoms with Crippen LogP contribution in [-0.2, 0) is 4.79 Å². The fourth-order valence-electron chi connectivity index (χ4n) is 1.50. The van der Waals surface area contributed by atoms with Gasteiger partial charge in [0.25, 0.3) is 5.91 Å². The first-order chi connectivity index (χ1) is 8.00. The zero-order chi connectivity index (χ0) is 12.9. The smallest absolute Gasteiger partial charge is 0.322 e. The van der Waals surface area contributed by atoms with Gasteiger partial charge in [0, 0.05) is 0 Å². The van der Waals surface area contributed by atoms with E-state index >= 15 is 0 Å². The highest BCUT2D eigenvalue weighted by atomic mass is 32.1. The summed E-state index contributed by atoms with van der Waals surface area (Å²) in [6.45, 7) is 1.99. The maximum Gasteiger partial charge on any atom is 0.322 e. The first kappa shape index (κ1) is 13.4. The molecule has 1 atom stereocenters. The van der Waals surface area contributed by atoms with Crippen molar-refractivity contribution >= 4 is 35.5 Å². The van der Waals surface area contributed by atoms with Gasteiger partial charge in [0.15, 0.2) is 10.7 Å². The highest BCUT2D eigenvalue weighted by Crippen LogP contribution is 2.16. The van der Waals surface area contributed by atoms with Crippen molar-refractivity contribution in [2.24, 2.45) is 10.8 Å². The van der Waals surface area contributed by atoms with Gasteiger partial charge < -0.3 is 11.1 Å². The molecule has 1 fully saturated rings. The molecule has 0 bridgehead atoms. The Bertz CT molecular complexity index is 370. The lowest BCUT2D eigenvalue weighted by Gasteiger charge is -2.20. The standard InChI is InChI=1S/C9H15N5O2S/c1-2-3-4-9(5-11-14-7(10)17)6(15)12-8(16)13-9/h5H,2-4H2,1H3,(H3,10,14,17)(H2,12,13,15,16)/b11-5-/t9-/m1/s1. The molecule has 17 heavy (non-hydrogen) atoms. The Morgan fingerprint density at radius 3 is 2.82 bits per heavy atom. The number of carbonyl (C=O) groups excluding carboxylic acids is 2. The summed E-state index contributed by atoms with van der Waals surface area (Å²) in [6, 6.07) is -0.520. The quantitative estimate of drug-likeness (QED) is 0.231. The molecule has 1 rings (SSSR count). The minimum Gasteiger partial charge on any atom is -0.375 e. The van der Waals surface area contributed by atoms with Crippen molar-refractivity contribution in [2.45, 2.75) is 31.7 Å². The summed E-state index contributed by atoms with van der Waals surface area (Å²) in [5.74, 6) is -0.413. The molecular weight excluding hydrogens is 242 g/mol. The molecule has 0 radical (unpaired) electrons. The minimum absolute atomic E-state index is 0.00313.